The Morgan fingerprint density at radius 3 is 2.91 bits per heavy atom. The Kier molecular flexibility index (Phi) is 4.60. The first-order valence-corrected chi connectivity index (χ1v) is 8.07. The molecule has 1 fully saturated rings. The summed E-state index contributed by atoms with van der Waals surface area (Å²) in [6.45, 7) is 1.51. The summed E-state index contributed by atoms with van der Waals surface area (Å²) in [4.78, 5) is 37.5. The lowest BCUT2D eigenvalue weighted by Crippen LogP contribution is -2.36. The predicted octanol–water partition coefficient (Wildman–Crippen LogP) is 0.926. The topological polar surface area (TPSA) is 78.5 Å². The van der Waals surface area contributed by atoms with Crippen molar-refractivity contribution in [2.75, 3.05) is 25.0 Å². The minimum absolute atomic E-state index is 0.00999. The zero-order valence-electron chi connectivity index (χ0n) is 13.0. The number of nitrogens with one attached hydrogen (secondary N) is 2. The quantitative estimate of drug-likeness (QED) is 0.871. The monoisotopic (exact) mass is 315 g/mol. The summed E-state index contributed by atoms with van der Waals surface area (Å²) >= 11 is 0. The average molecular weight is 315 g/mol. The van der Waals surface area contributed by atoms with Gasteiger partial charge < -0.3 is 15.5 Å². The Hall–Kier alpha value is -2.37. The van der Waals surface area contributed by atoms with E-state index in [9.17, 15) is 14.4 Å². The van der Waals surface area contributed by atoms with Gasteiger partial charge in [0.15, 0.2) is 0 Å². The molecule has 0 aliphatic carbocycles. The average Bonchev–Trinajstić information content (AvgIpc) is 2.77. The first-order valence-electron chi connectivity index (χ1n) is 8.07. The van der Waals surface area contributed by atoms with Crippen molar-refractivity contribution in [2.45, 2.75) is 25.7 Å². The minimum atomic E-state index is -0.166. The standard InChI is InChI=1S/C17H21N3O3/c21-15-7-9-20(10-8-18-15)16(22)6-5-13-11-12-3-1-2-4-14(12)19-17(13)23/h1-4,13H,5-11H2,(H,18,21)(H,19,23)/t13-/m0/s1. The van der Waals surface area contributed by atoms with Crippen LogP contribution in [0.4, 0.5) is 5.69 Å². The number of fused-ring (bicyclic) bond motifs is 1. The van der Waals surface area contributed by atoms with Crippen LogP contribution in [0.3, 0.4) is 0 Å². The van der Waals surface area contributed by atoms with Crippen LogP contribution >= 0.6 is 0 Å². The molecule has 2 heterocycles. The highest BCUT2D eigenvalue weighted by Gasteiger charge is 2.27. The Labute approximate surface area is 135 Å². The van der Waals surface area contributed by atoms with Crippen LogP contribution in [0.15, 0.2) is 24.3 Å². The van der Waals surface area contributed by atoms with E-state index in [1.54, 1.807) is 4.90 Å². The van der Waals surface area contributed by atoms with Gasteiger partial charge in [0, 0.05) is 44.1 Å². The van der Waals surface area contributed by atoms with Crippen LogP contribution in [0.25, 0.3) is 0 Å². The van der Waals surface area contributed by atoms with Crippen LogP contribution in [-0.4, -0.2) is 42.3 Å². The number of rotatable bonds is 3. The molecule has 1 saturated heterocycles. The van der Waals surface area contributed by atoms with E-state index in [0.717, 1.165) is 11.3 Å². The van der Waals surface area contributed by atoms with E-state index in [2.05, 4.69) is 10.6 Å². The van der Waals surface area contributed by atoms with Gasteiger partial charge in [0.1, 0.15) is 0 Å². The molecule has 3 rings (SSSR count). The molecule has 1 aromatic carbocycles. The van der Waals surface area contributed by atoms with Gasteiger partial charge in [-0.3, -0.25) is 14.4 Å². The molecule has 6 heteroatoms. The summed E-state index contributed by atoms with van der Waals surface area (Å²) in [6.07, 6.45) is 1.91. The molecule has 122 valence electrons. The van der Waals surface area contributed by atoms with E-state index in [4.69, 9.17) is 0 Å². The fraction of sp³-hybridized carbons (Fsp3) is 0.471. The van der Waals surface area contributed by atoms with E-state index < -0.39 is 0 Å². The predicted molar refractivity (Wildman–Crippen MR) is 85.7 cm³/mol. The zero-order valence-corrected chi connectivity index (χ0v) is 13.0. The van der Waals surface area contributed by atoms with E-state index in [1.807, 2.05) is 24.3 Å². The number of carbonyl (C=O) groups excluding carboxylic acids is 3. The van der Waals surface area contributed by atoms with Gasteiger partial charge in [-0.1, -0.05) is 18.2 Å². The number of carbonyl (C=O) groups is 3. The number of hydrogen-bond acceptors (Lipinski definition) is 3. The largest absolute Gasteiger partial charge is 0.354 e. The van der Waals surface area contributed by atoms with Crippen molar-refractivity contribution in [1.82, 2.24) is 10.2 Å². The lowest BCUT2D eigenvalue weighted by atomic mass is 9.89. The molecular formula is C17H21N3O3. The Balaban J connectivity index is 1.55. The van der Waals surface area contributed by atoms with Crippen molar-refractivity contribution < 1.29 is 14.4 Å². The van der Waals surface area contributed by atoms with Gasteiger partial charge in [-0.2, -0.15) is 0 Å². The fourth-order valence-corrected chi connectivity index (χ4v) is 3.12. The summed E-state index contributed by atoms with van der Waals surface area (Å²) in [7, 11) is 0. The minimum Gasteiger partial charge on any atom is -0.354 e. The third kappa shape index (κ3) is 3.70. The fourth-order valence-electron chi connectivity index (χ4n) is 3.12. The molecular weight excluding hydrogens is 294 g/mol. The van der Waals surface area contributed by atoms with Gasteiger partial charge in [-0.05, 0) is 24.5 Å². The molecule has 0 aromatic heterocycles. The third-order valence-corrected chi connectivity index (χ3v) is 4.48. The maximum atomic E-state index is 12.3. The molecule has 0 unspecified atom stereocenters. The highest BCUT2D eigenvalue weighted by molar-refractivity contribution is 5.96. The normalized spacial score (nSPS) is 21.0. The summed E-state index contributed by atoms with van der Waals surface area (Å²) in [5.74, 6) is -0.165. The molecule has 0 radical (unpaired) electrons. The number of benzene rings is 1. The van der Waals surface area contributed by atoms with Crippen LogP contribution in [0.2, 0.25) is 0 Å². The van der Waals surface area contributed by atoms with Crippen LogP contribution in [0.1, 0.15) is 24.8 Å². The Morgan fingerprint density at radius 2 is 2.04 bits per heavy atom. The van der Waals surface area contributed by atoms with Gasteiger partial charge in [0.25, 0.3) is 0 Å². The first kappa shape index (κ1) is 15.5. The number of nitrogens with zero attached hydrogens (tertiary/aromatic N) is 1. The van der Waals surface area contributed by atoms with E-state index in [1.165, 1.54) is 0 Å². The highest BCUT2D eigenvalue weighted by Crippen LogP contribution is 2.27. The lowest BCUT2D eigenvalue weighted by Gasteiger charge is -2.25. The van der Waals surface area contributed by atoms with Crippen LogP contribution in [-0.2, 0) is 20.8 Å². The van der Waals surface area contributed by atoms with Crippen molar-refractivity contribution in [3.8, 4) is 0 Å². The zero-order chi connectivity index (χ0) is 16.2. The molecule has 2 aliphatic rings. The number of anilines is 1. The van der Waals surface area contributed by atoms with Crippen LogP contribution < -0.4 is 10.6 Å². The molecule has 3 amide bonds. The number of para-hydroxylation sites is 1. The molecule has 1 atom stereocenters. The highest BCUT2D eigenvalue weighted by atomic mass is 16.2. The second kappa shape index (κ2) is 6.81. The smallest absolute Gasteiger partial charge is 0.227 e. The molecule has 0 saturated carbocycles. The van der Waals surface area contributed by atoms with Crippen LogP contribution in [0.5, 0.6) is 0 Å². The Bertz CT molecular complexity index is 629. The first-order chi connectivity index (χ1) is 11.1. The number of amides is 3. The maximum absolute atomic E-state index is 12.3. The second-order valence-electron chi connectivity index (χ2n) is 6.07. The van der Waals surface area contributed by atoms with Crippen molar-refractivity contribution >= 4 is 23.4 Å². The van der Waals surface area contributed by atoms with Gasteiger partial charge >= 0.3 is 0 Å². The van der Waals surface area contributed by atoms with Crippen LogP contribution in [0, 0.1) is 5.92 Å². The van der Waals surface area contributed by atoms with E-state index >= 15 is 0 Å². The summed E-state index contributed by atoms with van der Waals surface area (Å²) in [5.41, 5.74) is 1.99. The molecule has 2 N–H and O–H groups in total. The van der Waals surface area contributed by atoms with E-state index in [0.29, 0.717) is 45.3 Å². The summed E-state index contributed by atoms with van der Waals surface area (Å²) < 4.78 is 0. The van der Waals surface area contributed by atoms with Gasteiger partial charge in [-0.25, -0.2) is 0 Å². The lowest BCUT2D eigenvalue weighted by molar-refractivity contribution is -0.131. The summed E-state index contributed by atoms with van der Waals surface area (Å²) in [6, 6.07) is 7.77. The second-order valence-corrected chi connectivity index (χ2v) is 6.07. The van der Waals surface area contributed by atoms with Crippen molar-refractivity contribution in [1.29, 1.82) is 0 Å². The van der Waals surface area contributed by atoms with Crippen molar-refractivity contribution in [2.24, 2.45) is 5.92 Å². The van der Waals surface area contributed by atoms with E-state index in [-0.39, 0.29) is 23.6 Å². The molecule has 23 heavy (non-hydrogen) atoms. The summed E-state index contributed by atoms with van der Waals surface area (Å²) in [5, 5.41) is 5.67. The van der Waals surface area contributed by atoms with Crippen molar-refractivity contribution in [3.63, 3.8) is 0 Å². The molecule has 6 nitrogen and oxygen atoms in total. The van der Waals surface area contributed by atoms with Crippen molar-refractivity contribution in [3.05, 3.63) is 29.8 Å². The molecule has 2 aliphatic heterocycles. The maximum Gasteiger partial charge on any atom is 0.227 e. The third-order valence-electron chi connectivity index (χ3n) is 4.48. The molecule has 0 bridgehead atoms. The van der Waals surface area contributed by atoms with Gasteiger partial charge in [0.05, 0.1) is 0 Å². The van der Waals surface area contributed by atoms with Gasteiger partial charge in [0.2, 0.25) is 17.7 Å². The van der Waals surface area contributed by atoms with Gasteiger partial charge in [-0.15, -0.1) is 0 Å². The Morgan fingerprint density at radius 1 is 1.22 bits per heavy atom. The molecule has 0 spiro atoms. The molecule has 1 aromatic rings. The SMILES string of the molecule is O=C1CCN(C(=O)CC[C@H]2Cc3ccccc3NC2=O)CCN1. The number of hydrogen-bond donors (Lipinski definition) is 2.